The fraction of sp³-hybridized carbons (Fsp3) is 0.895. The van der Waals surface area contributed by atoms with Crippen molar-refractivity contribution in [3.8, 4) is 0 Å². The summed E-state index contributed by atoms with van der Waals surface area (Å²) in [6, 6.07) is 0. The van der Waals surface area contributed by atoms with E-state index in [0.29, 0.717) is 11.3 Å². The molecule has 1 N–H and O–H groups in total. The average molecular weight is 292 g/mol. The first-order valence-corrected chi connectivity index (χ1v) is 8.79. The summed E-state index contributed by atoms with van der Waals surface area (Å²) >= 11 is 0. The maximum Gasteiger partial charge on any atom is 0.0621 e. The van der Waals surface area contributed by atoms with Gasteiger partial charge < -0.3 is 9.84 Å². The molecule has 3 saturated carbocycles. The van der Waals surface area contributed by atoms with Gasteiger partial charge >= 0.3 is 0 Å². The fourth-order valence-electron chi connectivity index (χ4n) is 5.50. The molecule has 3 aliphatic rings. The highest BCUT2D eigenvalue weighted by atomic mass is 16.5. The molecule has 0 bridgehead atoms. The molecule has 0 aromatic carbocycles. The second-order valence-electron chi connectivity index (χ2n) is 8.38. The highest BCUT2D eigenvalue weighted by molar-refractivity contribution is 5.19. The molecule has 0 aliphatic heterocycles. The minimum absolute atomic E-state index is 0.0975. The Morgan fingerprint density at radius 2 is 1.86 bits per heavy atom. The first-order chi connectivity index (χ1) is 9.90. The maximum absolute atomic E-state index is 10.7. The van der Waals surface area contributed by atoms with Gasteiger partial charge in [-0.2, -0.15) is 0 Å². The lowest BCUT2D eigenvalue weighted by molar-refractivity contribution is -0.104. The van der Waals surface area contributed by atoms with Gasteiger partial charge in [0.15, 0.2) is 0 Å². The highest BCUT2D eigenvalue weighted by Gasteiger charge is 2.52. The van der Waals surface area contributed by atoms with Crippen LogP contribution in [0.2, 0.25) is 0 Å². The number of aliphatic hydroxyl groups is 1. The lowest BCUT2D eigenvalue weighted by Gasteiger charge is -2.51. The van der Waals surface area contributed by atoms with Crippen molar-refractivity contribution in [3.63, 3.8) is 0 Å². The SMILES string of the molecule is C=C1CCC2CC([C@@]3(C)CC[C@H](OC)C[C@@H]3O)CC[C@]12C. The number of rotatable bonds is 2. The summed E-state index contributed by atoms with van der Waals surface area (Å²) in [5.41, 5.74) is 1.97. The van der Waals surface area contributed by atoms with Crippen molar-refractivity contribution in [3.05, 3.63) is 12.2 Å². The van der Waals surface area contributed by atoms with Crippen LogP contribution < -0.4 is 0 Å². The number of hydrogen-bond acceptors (Lipinski definition) is 2. The van der Waals surface area contributed by atoms with Gasteiger partial charge in [0.05, 0.1) is 12.2 Å². The van der Waals surface area contributed by atoms with E-state index in [-0.39, 0.29) is 17.6 Å². The number of hydrogen-bond donors (Lipinski definition) is 1. The zero-order valence-electron chi connectivity index (χ0n) is 14.0. The van der Waals surface area contributed by atoms with E-state index in [9.17, 15) is 5.11 Å². The van der Waals surface area contributed by atoms with Crippen molar-refractivity contribution in [2.24, 2.45) is 22.7 Å². The topological polar surface area (TPSA) is 29.5 Å². The van der Waals surface area contributed by atoms with E-state index in [1.807, 2.05) is 0 Å². The van der Waals surface area contributed by atoms with Gasteiger partial charge in [0, 0.05) is 13.5 Å². The lowest BCUT2D eigenvalue weighted by Crippen LogP contribution is -2.48. The predicted octanol–water partition coefficient (Wildman–Crippen LogP) is 4.33. The molecule has 6 atom stereocenters. The van der Waals surface area contributed by atoms with E-state index in [2.05, 4.69) is 20.4 Å². The second kappa shape index (κ2) is 5.38. The third-order valence-corrected chi connectivity index (χ3v) is 7.60. The van der Waals surface area contributed by atoms with Crippen molar-refractivity contribution in [1.29, 1.82) is 0 Å². The van der Waals surface area contributed by atoms with E-state index >= 15 is 0 Å². The molecule has 2 heteroatoms. The minimum atomic E-state index is -0.199. The van der Waals surface area contributed by atoms with E-state index < -0.39 is 0 Å². The van der Waals surface area contributed by atoms with Gasteiger partial charge in [0.1, 0.15) is 0 Å². The van der Waals surface area contributed by atoms with Crippen LogP contribution >= 0.6 is 0 Å². The summed E-state index contributed by atoms with van der Waals surface area (Å²) in [5.74, 6) is 1.47. The van der Waals surface area contributed by atoms with E-state index in [4.69, 9.17) is 4.74 Å². The number of fused-ring (bicyclic) bond motifs is 1. The Kier molecular flexibility index (Phi) is 3.99. The van der Waals surface area contributed by atoms with Gasteiger partial charge in [0.25, 0.3) is 0 Å². The Hall–Kier alpha value is -0.340. The lowest BCUT2D eigenvalue weighted by atomic mass is 9.55. The summed E-state index contributed by atoms with van der Waals surface area (Å²) in [7, 11) is 1.77. The van der Waals surface area contributed by atoms with Gasteiger partial charge in [-0.3, -0.25) is 0 Å². The molecule has 0 aromatic heterocycles. The van der Waals surface area contributed by atoms with Gasteiger partial charge in [-0.05, 0) is 67.6 Å². The first-order valence-electron chi connectivity index (χ1n) is 8.79. The molecule has 0 spiro atoms. The van der Waals surface area contributed by atoms with E-state index in [1.54, 1.807) is 7.11 Å². The van der Waals surface area contributed by atoms with Crippen LogP contribution in [0.3, 0.4) is 0 Å². The van der Waals surface area contributed by atoms with Crippen molar-refractivity contribution in [2.45, 2.75) is 77.4 Å². The molecular weight excluding hydrogens is 260 g/mol. The van der Waals surface area contributed by atoms with Crippen LogP contribution in [-0.4, -0.2) is 24.4 Å². The van der Waals surface area contributed by atoms with Crippen LogP contribution in [0.4, 0.5) is 0 Å². The number of allylic oxidation sites excluding steroid dienone is 1. The largest absolute Gasteiger partial charge is 0.392 e. The number of aliphatic hydroxyl groups excluding tert-OH is 1. The first kappa shape index (κ1) is 15.6. The van der Waals surface area contributed by atoms with Crippen LogP contribution in [0.1, 0.15) is 65.2 Å². The molecule has 2 nitrogen and oxygen atoms in total. The second-order valence-corrected chi connectivity index (χ2v) is 8.38. The molecule has 2 unspecified atom stereocenters. The summed E-state index contributed by atoms with van der Waals surface area (Å²) < 4.78 is 5.47. The fourth-order valence-corrected chi connectivity index (χ4v) is 5.50. The molecule has 0 aromatic rings. The monoisotopic (exact) mass is 292 g/mol. The summed E-state index contributed by atoms with van der Waals surface area (Å²) in [5, 5.41) is 10.7. The van der Waals surface area contributed by atoms with Crippen LogP contribution in [0.5, 0.6) is 0 Å². The van der Waals surface area contributed by atoms with Gasteiger partial charge in [-0.15, -0.1) is 0 Å². The molecule has 0 radical (unpaired) electrons. The molecule has 120 valence electrons. The summed E-state index contributed by atoms with van der Waals surface area (Å²) in [4.78, 5) is 0. The third-order valence-electron chi connectivity index (χ3n) is 7.60. The van der Waals surface area contributed by atoms with Crippen molar-refractivity contribution in [2.75, 3.05) is 7.11 Å². The quantitative estimate of drug-likeness (QED) is 0.768. The van der Waals surface area contributed by atoms with Crippen LogP contribution in [0, 0.1) is 22.7 Å². The summed E-state index contributed by atoms with van der Waals surface area (Å²) in [6.07, 6.45) is 9.46. The summed E-state index contributed by atoms with van der Waals surface area (Å²) in [6.45, 7) is 9.10. The Bertz CT molecular complexity index is 418. The predicted molar refractivity (Wildman–Crippen MR) is 86.1 cm³/mol. The zero-order chi connectivity index (χ0) is 15.3. The van der Waals surface area contributed by atoms with Crippen molar-refractivity contribution >= 4 is 0 Å². The molecule has 3 aliphatic carbocycles. The highest BCUT2D eigenvalue weighted by Crippen LogP contribution is 2.60. The Morgan fingerprint density at radius 1 is 1.10 bits per heavy atom. The van der Waals surface area contributed by atoms with Gasteiger partial charge in [-0.1, -0.05) is 26.0 Å². The molecule has 3 rings (SSSR count). The smallest absolute Gasteiger partial charge is 0.0621 e. The number of ether oxygens (including phenoxy) is 1. The zero-order valence-corrected chi connectivity index (χ0v) is 14.0. The molecular formula is C19H32O2. The van der Waals surface area contributed by atoms with Crippen molar-refractivity contribution in [1.82, 2.24) is 0 Å². The molecule has 0 amide bonds. The Balaban J connectivity index is 1.72. The van der Waals surface area contributed by atoms with Gasteiger partial charge in [0.2, 0.25) is 0 Å². The average Bonchev–Trinajstić information content (AvgIpc) is 2.77. The normalized spacial score (nSPS) is 51.0. The van der Waals surface area contributed by atoms with Crippen molar-refractivity contribution < 1.29 is 9.84 Å². The van der Waals surface area contributed by atoms with Crippen LogP contribution in [-0.2, 0) is 4.74 Å². The Morgan fingerprint density at radius 3 is 2.52 bits per heavy atom. The third kappa shape index (κ3) is 2.39. The van der Waals surface area contributed by atoms with Gasteiger partial charge in [-0.25, -0.2) is 0 Å². The minimum Gasteiger partial charge on any atom is -0.392 e. The number of methoxy groups -OCH3 is 1. The Labute approximate surface area is 130 Å². The van der Waals surface area contributed by atoms with E-state index in [0.717, 1.165) is 25.2 Å². The molecule has 0 heterocycles. The molecule has 21 heavy (non-hydrogen) atoms. The van der Waals surface area contributed by atoms with Crippen LogP contribution in [0.15, 0.2) is 12.2 Å². The standard InChI is InChI=1S/C19H32O2/c1-13-5-6-14-11-15(7-9-18(13,14)2)19(3)10-8-16(21-4)12-17(19)20/h14-17,20H,1,5-12H2,2-4H3/t14?,15?,16-,17-,18+,19+/m0/s1. The molecule has 3 fully saturated rings. The maximum atomic E-state index is 10.7. The molecule has 0 saturated heterocycles. The van der Waals surface area contributed by atoms with E-state index in [1.165, 1.54) is 37.7 Å². The van der Waals surface area contributed by atoms with Crippen LogP contribution in [0.25, 0.3) is 0 Å².